The Morgan fingerprint density at radius 3 is 2.83 bits per heavy atom. The molecule has 5 nitrogen and oxygen atoms in total. The largest absolute Gasteiger partial charge is 0.496 e. The van der Waals surface area contributed by atoms with E-state index < -0.39 is 0 Å². The molecule has 1 aromatic carbocycles. The number of hydrogen-bond acceptors (Lipinski definition) is 5. The fourth-order valence-electron chi connectivity index (χ4n) is 3.26. The van der Waals surface area contributed by atoms with Gasteiger partial charge in [-0.25, -0.2) is 9.97 Å². The van der Waals surface area contributed by atoms with Gasteiger partial charge in [0.25, 0.3) is 0 Å². The molecular formula is C18H23N3O2. The van der Waals surface area contributed by atoms with Gasteiger partial charge < -0.3 is 14.4 Å². The van der Waals surface area contributed by atoms with Gasteiger partial charge in [-0.2, -0.15) is 0 Å². The third-order valence-electron chi connectivity index (χ3n) is 4.21. The highest BCUT2D eigenvalue weighted by Crippen LogP contribution is 2.39. The molecule has 0 radical (unpaired) electrons. The number of ether oxygens (including phenoxy) is 2. The lowest BCUT2D eigenvalue weighted by atomic mass is 10.0. The molecule has 1 fully saturated rings. The van der Waals surface area contributed by atoms with Crippen molar-refractivity contribution in [1.82, 2.24) is 9.97 Å². The van der Waals surface area contributed by atoms with Crippen molar-refractivity contribution in [2.75, 3.05) is 25.7 Å². The highest BCUT2D eigenvalue weighted by molar-refractivity contribution is 5.48. The van der Waals surface area contributed by atoms with E-state index in [1.165, 1.54) is 5.56 Å². The maximum absolute atomic E-state index is 5.55. The summed E-state index contributed by atoms with van der Waals surface area (Å²) >= 11 is 0. The Kier molecular flexibility index (Phi) is 4.76. The van der Waals surface area contributed by atoms with Crippen LogP contribution in [0, 0.1) is 6.92 Å². The average Bonchev–Trinajstić information content (AvgIpc) is 3.04. The standard InChI is InChI=1S/C18H23N3O2/c1-13-11-18(20-17(19-13)12-22-2)21-10-6-8-15(21)14-7-4-5-9-16(14)23-3/h4-5,7,9,11,15H,6,8,10,12H2,1-3H3/t15-/m1/s1. The Labute approximate surface area is 137 Å². The minimum absolute atomic E-state index is 0.288. The highest BCUT2D eigenvalue weighted by atomic mass is 16.5. The number of hydrogen-bond donors (Lipinski definition) is 0. The normalized spacial score (nSPS) is 17.5. The Morgan fingerprint density at radius 2 is 2.04 bits per heavy atom. The van der Waals surface area contributed by atoms with Crippen LogP contribution >= 0.6 is 0 Å². The first-order valence-electron chi connectivity index (χ1n) is 7.96. The van der Waals surface area contributed by atoms with E-state index in [4.69, 9.17) is 9.47 Å². The zero-order valence-corrected chi connectivity index (χ0v) is 14.0. The SMILES string of the molecule is COCc1nc(C)cc(N2CCC[C@@H]2c2ccccc2OC)n1. The van der Waals surface area contributed by atoms with Crippen LogP contribution in [0.1, 0.15) is 36.0 Å². The van der Waals surface area contributed by atoms with Crippen LogP contribution in [-0.4, -0.2) is 30.7 Å². The molecule has 1 atom stereocenters. The predicted molar refractivity (Wildman–Crippen MR) is 89.8 cm³/mol. The van der Waals surface area contributed by atoms with Crippen LogP contribution in [0.5, 0.6) is 5.75 Å². The van der Waals surface area contributed by atoms with Gasteiger partial charge in [0.05, 0.1) is 13.2 Å². The Bertz CT molecular complexity index is 675. The molecule has 5 heteroatoms. The summed E-state index contributed by atoms with van der Waals surface area (Å²) in [6, 6.07) is 10.6. The molecule has 0 amide bonds. The van der Waals surface area contributed by atoms with E-state index in [-0.39, 0.29) is 6.04 Å². The van der Waals surface area contributed by atoms with Crippen molar-refractivity contribution in [3.63, 3.8) is 0 Å². The monoisotopic (exact) mass is 313 g/mol. The zero-order valence-electron chi connectivity index (χ0n) is 14.0. The number of para-hydroxylation sites is 1. The predicted octanol–water partition coefficient (Wildman–Crippen LogP) is 3.28. The number of benzene rings is 1. The molecule has 0 unspecified atom stereocenters. The van der Waals surface area contributed by atoms with E-state index in [0.29, 0.717) is 6.61 Å². The lowest BCUT2D eigenvalue weighted by Crippen LogP contribution is -2.24. The average molecular weight is 313 g/mol. The molecule has 1 aromatic heterocycles. The second-order valence-electron chi connectivity index (χ2n) is 5.81. The van der Waals surface area contributed by atoms with Gasteiger partial charge in [0, 0.05) is 31.0 Å². The molecular weight excluding hydrogens is 290 g/mol. The Balaban J connectivity index is 1.95. The summed E-state index contributed by atoms with van der Waals surface area (Å²) in [4.78, 5) is 11.5. The number of anilines is 1. The van der Waals surface area contributed by atoms with E-state index in [1.54, 1.807) is 14.2 Å². The molecule has 1 aliphatic rings. The van der Waals surface area contributed by atoms with Gasteiger partial charge in [-0.3, -0.25) is 0 Å². The molecule has 122 valence electrons. The minimum Gasteiger partial charge on any atom is -0.496 e. The summed E-state index contributed by atoms with van der Waals surface area (Å²) in [6.45, 7) is 3.42. The molecule has 2 heterocycles. The van der Waals surface area contributed by atoms with Crippen LogP contribution in [-0.2, 0) is 11.3 Å². The third-order valence-corrected chi connectivity index (χ3v) is 4.21. The van der Waals surface area contributed by atoms with Gasteiger partial charge in [-0.1, -0.05) is 18.2 Å². The minimum atomic E-state index is 0.288. The van der Waals surface area contributed by atoms with Gasteiger partial charge in [0.2, 0.25) is 0 Å². The maximum Gasteiger partial charge on any atom is 0.156 e. The lowest BCUT2D eigenvalue weighted by molar-refractivity contribution is 0.177. The Hall–Kier alpha value is -2.14. The van der Waals surface area contributed by atoms with Crippen LogP contribution in [0.4, 0.5) is 5.82 Å². The smallest absolute Gasteiger partial charge is 0.156 e. The van der Waals surface area contributed by atoms with Crippen molar-refractivity contribution < 1.29 is 9.47 Å². The molecule has 3 rings (SSSR count). The molecule has 0 spiro atoms. The van der Waals surface area contributed by atoms with Crippen LogP contribution in [0.25, 0.3) is 0 Å². The zero-order chi connectivity index (χ0) is 16.2. The summed E-state index contributed by atoms with van der Waals surface area (Å²) in [7, 11) is 3.39. The van der Waals surface area contributed by atoms with Gasteiger partial charge >= 0.3 is 0 Å². The molecule has 0 aliphatic carbocycles. The van der Waals surface area contributed by atoms with Gasteiger partial charge in [-0.05, 0) is 25.8 Å². The summed E-state index contributed by atoms with van der Waals surface area (Å²) in [6.07, 6.45) is 2.24. The van der Waals surface area contributed by atoms with E-state index in [9.17, 15) is 0 Å². The van der Waals surface area contributed by atoms with E-state index in [1.807, 2.05) is 25.1 Å². The van der Waals surface area contributed by atoms with Gasteiger partial charge in [0.15, 0.2) is 5.82 Å². The number of rotatable bonds is 5. The first kappa shape index (κ1) is 15.7. The Morgan fingerprint density at radius 1 is 1.22 bits per heavy atom. The fourth-order valence-corrected chi connectivity index (χ4v) is 3.26. The molecule has 1 aliphatic heterocycles. The van der Waals surface area contributed by atoms with Crippen molar-refractivity contribution in [3.05, 3.63) is 47.4 Å². The summed E-state index contributed by atoms with van der Waals surface area (Å²) in [5, 5.41) is 0. The third kappa shape index (κ3) is 3.29. The van der Waals surface area contributed by atoms with Gasteiger partial charge in [-0.15, -0.1) is 0 Å². The number of methoxy groups -OCH3 is 2. The quantitative estimate of drug-likeness (QED) is 0.848. The van der Waals surface area contributed by atoms with Crippen molar-refractivity contribution in [1.29, 1.82) is 0 Å². The number of nitrogens with zero attached hydrogens (tertiary/aromatic N) is 3. The van der Waals surface area contributed by atoms with Crippen molar-refractivity contribution in [3.8, 4) is 5.75 Å². The number of aryl methyl sites for hydroxylation is 1. The fraction of sp³-hybridized carbons (Fsp3) is 0.444. The molecule has 0 N–H and O–H groups in total. The summed E-state index contributed by atoms with van der Waals surface area (Å²) in [5.41, 5.74) is 2.18. The maximum atomic E-state index is 5.55. The molecule has 2 aromatic rings. The van der Waals surface area contributed by atoms with Gasteiger partial charge in [0.1, 0.15) is 18.2 Å². The molecule has 0 bridgehead atoms. The lowest BCUT2D eigenvalue weighted by Gasteiger charge is -2.27. The first-order valence-corrected chi connectivity index (χ1v) is 7.96. The topological polar surface area (TPSA) is 47.5 Å². The number of aromatic nitrogens is 2. The summed E-state index contributed by atoms with van der Waals surface area (Å²) < 4.78 is 10.7. The molecule has 23 heavy (non-hydrogen) atoms. The second-order valence-corrected chi connectivity index (χ2v) is 5.81. The van der Waals surface area contributed by atoms with Crippen LogP contribution < -0.4 is 9.64 Å². The first-order chi connectivity index (χ1) is 11.2. The van der Waals surface area contributed by atoms with E-state index in [2.05, 4.69) is 27.0 Å². The van der Waals surface area contributed by atoms with Crippen LogP contribution in [0.15, 0.2) is 30.3 Å². The molecule has 1 saturated heterocycles. The van der Waals surface area contributed by atoms with Crippen molar-refractivity contribution in [2.24, 2.45) is 0 Å². The summed E-state index contributed by atoms with van der Waals surface area (Å²) in [5.74, 6) is 2.64. The van der Waals surface area contributed by atoms with Crippen molar-refractivity contribution >= 4 is 5.82 Å². The highest BCUT2D eigenvalue weighted by Gasteiger charge is 2.29. The van der Waals surface area contributed by atoms with Crippen molar-refractivity contribution in [2.45, 2.75) is 32.4 Å². The van der Waals surface area contributed by atoms with Crippen LogP contribution in [0.2, 0.25) is 0 Å². The second kappa shape index (κ2) is 6.96. The molecule has 0 saturated carbocycles. The van der Waals surface area contributed by atoms with E-state index in [0.717, 1.165) is 42.5 Å². The van der Waals surface area contributed by atoms with Crippen LogP contribution in [0.3, 0.4) is 0 Å². The van der Waals surface area contributed by atoms with E-state index >= 15 is 0 Å².